The molecular formula is C16H30N6O. The van der Waals surface area contributed by atoms with Crippen molar-refractivity contribution in [1.82, 2.24) is 25.3 Å². The average Bonchev–Trinajstić information content (AvgIpc) is 3.07. The number of nitrogens with zero attached hydrogens (tertiary/aromatic N) is 4. The van der Waals surface area contributed by atoms with E-state index in [1.165, 1.54) is 26.2 Å². The van der Waals surface area contributed by atoms with Crippen LogP contribution in [0.3, 0.4) is 0 Å². The maximum atomic E-state index is 11.8. The number of hydrogen-bond donors (Lipinski definition) is 2. The highest BCUT2D eigenvalue weighted by atomic mass is 16.2. The number of carbonyl (C=O) groups is 1. The number of nitrogens with one attached hydrogen (secondary N) is 2. The Labute approximate surface area is 139 Å². The predicted octanol–water partition coefficient (Wildman–Crippen LogP) is -0.838. The van der Waals surface area contributed by atoms with Crippen LogP contribution < -0.4 is 10.6 Å². The monoisotopic (exact) mass is 322 g/mol. The van der Waals surface area contributed by atoms with Crippen LogP contribution in [0.25, 0.3) is 0 Å². The molecule has 0 saturated carbocycles. The number of fused-ring (bicyclic) bond motifs is 3. The van der Waals surface area contributed by atoms with E-state index in [0.29, 0.717) is 18.5 Å². The molecule has 0 aromatic rings. The smallest absolute Gasteiger partial charge is 0.222 e. The summed E-state index contributed by atoms with van der Waals surface area (Å²) in [6, 6.07) is 0.890. The van der Waals surface area contributed by atoms with E-state index in [4.69, 9.17) is 0 Å². The van der Waals surface area contributed by atoms with Gasteiger partial charge in [0.05, 0.1) is 0 Å². The maximum absolute atomic E-state index is 11.8. The maximum Gasteiger partial charge on any atom is 0.222 e. The van der Waals surface area contributed by atoms with Crippen LogP contribution >= 0.6 is 0 Å². The fourth-order valence-corrected chi connectivity index (χ4v) is 3.85. The zero-order valence-electron chi connectivity index (χ0n) is 14.4. The van der Waals surface area contributed by atoms with E-state index in [2.05, 4.69) is 25.4 Å². The van der Waals surface area contributed by atoms with Gasteiger partial charge in [-0.2, -0.15) is 0 Å². The molecule has 0 aliphatic carbocycles. The Morgan fingerprint density at radius 1 is 1.17 bits per heavy atom. The molecule has 4 fully saturated rings. The van der Waals surface area contributed by atoms with Gasteiger partial charge in [-0.05, 0) is 6.42 Å². The Morgan fingerprint density at radius 3 is 2.57 bits per heavy atom. The minimum absolute atomic E-state index is 0.248. The van der Waals surface area contributed by atoms with Gasteiger partial charge in [0.1, 0.15) is 0 Å². The van der Waals surface area contributed by atoms with Gasteiger partial charge in [-0.3, -0.25) is 19.6 Å². The van der Waals surface area contributed by atoms with Crippen molar-refractivity contribution in [3.8, 4) is 0 Å². The Balaban J connectivity index is 1.43. The van der Waals surface area contributed by atoms with Crippen LogP contribution in [-0.4, -0.2) is 98.1 Å². The third kappa shape index (κ3) is 3.95. The van der Waals surface area contributed by atoms with Crippen LogP contribution in [0.1, 0.15) is 19.8 Å². The molecule has 4 saturated heterocycles. The number of aliphatic imine (C=N–C) groups is 1. The molecule has 7 heteroatoms. The van der Waals surface area contributed by atoms with E-state index in [9.17, 15) is 4.79 Å². The van der Waals surface area contributed by atoms with Gasteiger partial charge < -0.3 is 15.5 Å². The van der Waals surface area contributed by atoms with E-state index < -0.39 is 0 Å². The van der Waals surface area contributed by atoms with Gasteiger partial charge in [-0.1, -0.05) is 6.92 Å². The van der Waals surface area contributed by atoms with Gasteiger partial charge in [-0.15, -0.1) is 0 Å². The summed E-state index contributed by atoms with van der Waals surface area (Å²) in [5.41, 5.74) is 0. The number of rotatable bonds is 4. The lowest BCUT2D eigenvalue weighted by molar-refractivity contribution is -0.129. The number of carbonyl (C=O) groups excluding carboxylic acids is 1. The SMILES string of the molecule is CCC(=O)N1CCC(NC(=NC)NCC2CN3CCN2CC3)C1. The molecule has 4 rings (SSSR count). The van der Waals surface area contributed by atoms with E-state index in [1.54, 1.807) is 0 Å². The number of piperazine rings is 3. The summed E-state index contributed by atoms with van der Waals surface area (Å²) in [7, 11) is 1.82. The van der Waals surface area contributed by atoms with Crippen molar-refractivity contribution in [3.05, 3.63) is 0 Å². The Morgan fingerprint density at radius 2 is 1.96 bits per heavy atom. The molecule has 0 aromatic heterocycles. The summed E-state index contributed by atoms with van der Waals surface area (Å²) in [5.74, 6) is 1.11. The molecule has 4 heterocycles. The fraction of sp³-hybridized carbons (Fsp3) is 0.875. The van der Waals surface area contributed by atoms with Crippen LogP contribution in [0.15, 0.2) is 4.99 Å². The minimum Gasteiger partial charge on any atom is -0.355 e. The van der Waals surface area contributed by atoms with Crippen LogP contribution in [0.4, 0.5) is 0 Å². The Kier molecular flexibility index (Phi) is 5.38. The topological polar surface area (TPSA) is 63.2 Å². The lowest BCUT2D eigenvalue weighted by Crippen LogP contribution is -2.64. The molecule has 23 heavy (non-hydrogen) atoms. The van der Waals surface area contributed by atoms with E-state index in [-0.39, 0.29) is 5.91 Å². The van der Waals surface area contributed by atoms with Gasteiger partial charge >= 0.3 is 0 Å². The Hall–Kier alpha value is -1.34. The molecule has 2 N–H and O–H groups in total. The van der Waals surface area contributed by atoms with Crippen molar-refractivity contribution in [3.63, 3.8) is 0 Å². The molecule has 0 radical (unpaired) electrons. The van der Waals surface area contributed by atoms with Gasteiger partial charge in [-0.25, -0.2) is 0 Å². The van der Waals surface area contributed by atoms with Gasteiger partial charge in [0.2, 0.25) is 5.91 Å². The number of likely N-dealkylation sites (tertiary alicyclic amines) is 1. The second-order valence-corrected chi connectivity index (χ2v) is 6.77. The van der Waals surface area contributed by atoms with Crippen molar-refractivity contribution in [1.29, 1.82) is 0 Å². The third-order valence-corrected chi connectivity index (χ3v) is 5.31. The van der Waals surface area contributed by atoms with Crippen LogP contribution in [0.5, 0.6) is 0 Å². The number of hydrogen-bond acceptors (Lipinski definition) is 4. The standard InChI is InChI=1S/C16H30N6O/c1-3-15(23)22-5-4-13(11-22)19-16(17-2)18-10-14-12-20-6-8-21(14)9-7-20/h13-14H,3-12H2,1-2H3,(H2,17,18,19). The summed E-state index contributed by atoms with van der Waals surface area (Å²) in [6.07, 6.45) is 1.59. The highest BCUT2D eigenvalue weighted by Crippen LogP contribution is 2.15. The quantitative estimate of drug-likeness (QED) is 0.522. The average molecular weight is 322 g/mol. The second-order valence-electron chi connectivity index (χ2n) is 6.77. The van der Waals surface area contributed by atoms with Crippen LogP contribution in [0.2, 0.25) is 0 Å². The van der Waals surface area contributed by atoms with Gasteiger partial charge in [0.15, 0.2) is 5.96 Å². The van der Waals surface area contributed by atoms with Crippen molar-refractivity contribution in [2.75, 3.05) is 59.4 Å². The molecule has 4 aliphatic heterocycles. The van der Waals surface area contributed by atoms with Crippen molar-refractivity contribution in [2.24, 2.45) is 4.99 Å². The fourth-order valence-electron chi connectivity index (χ4n) is 3.85. The molecule has 2 unspecified atom stereocenters. The van der Waals surface area contributed by atoms with Crippen molar-refractivity contribution in [2.45, 2.75) is 31.8 Å². The molecule has 0 spiro atoms. The normalized spacial score (nSPS) is 33.8. The molecule has 7 nitrogen and oxygen atoms in total. The highest BCUT2D eigenvalue weighted by molar-refractivity contribution is 5.80. The lowest BCUT2D eigenvalue weighted by Gasteiger charge is -2.47. The van der Waals surface area contributed by atoms with Gasteiger partial charge in [0, 0.05) is 77.9 Å². The van der Waals surface area contributed by atoms with E-state index >= 15 is 0 Å². The summed E-state index contributed by atoms with van der Waals surface area (Å²) in [5, 5.41) is 6.95. The predicted molar refractivity (Wildman–Crippen MR) is 91.6 cm³/mol. The first-order chi connectivity index (χ1) is 11.2. The van der Waals surface area contributed by atoms with E-state index in [0.717, 1.165) is 38.6 Å². The first kappa shape index (κ1) is 16.5. The minimum atomic E-state index is 0.248. The molecular weight excluding hydrogens is 292 g/mol. The van der Waals surface area contributed by atoms with Crippen molar-refractivity contribution >= 4 is 11.9 Å². The number of guanidine groups is 1. The first-order valence-electron chi connectivity index (χ1n) is 8.91. The van der Waals surface area contributed by atoms with Crippen LogP contribution in [0, 0.1) is 0 Å². The van der Waals surface area contributed by atoms with E-state index in [1.807, 2.05) is 18.9 Å². The summed E-state index contributed by atoms with van der Waals surface area (Å²) in [6.45, 7) is 10.5. The molecule has 130 valence electrons. The Bertz CT molecular complexity index is 446. The molecule has 2 bridgehead atoms. The number of amides is 1. The van der Waals surface area contributed by atoms with Crippen molar-refractivity contribution < 1.29 is 4.79 Å². The molecule has 1 amide bonds. The highest BCUT2D eigenvalue weighted by Gasteiger charge is 2.32. The summed E-state index contributed by atoms with van der Waals surface area (Å²) < 4.78 is 0. The summed E-state index contributed by atoms with van der Waals surface area (Å²) in [4.78, 5) is 23.2. The zero-order chi connectivity index (χ0) is 16.2. The third-order valence-electron chi connectivity index (χ3n) is 5.31. The first-order valence-corrected chi connectivity index (χ1v) is 8.91. The van der Waals surface area contributed by atoms with Gasteiger partial charge in [0.25, 0.3) is 0 Å². The summed E-state index contributed by atoms with van der Waals surface area (Å²) >= 11 is 0. The zero-order valence-corrected chi connectivity index (χ0v) is 14.4. The van der Waals surface area contributed by atoms with Crippen LogP contribution in [-0.2, 0) is 4.79 Å². The molecule has 0 aromatic carbocycles. The molecule has 2 atom stereocenters. The largest absolute Gasteiger partial charge is 0.355 e. The second kappa shape index (κ2) is 7.49. The molecule has 4 aliphatic rings. The lowest BCUT2D eigenvalue weighted by atomic mass is 10.1.